The van der Waals surface area contributed by atoms with E-state index in [1.54, 1.807) is 12.3 Å². The molecule has 1 fully saturated rings. The molecule has 1 aromatic heterocycles. The maximum absolute atomic E-state index is 5.84. The molecule has 7 heteroatoms. The van der Waals surface area contributed by atoms with Gasteiger partial charge in [0.15, 0.2) is 0 Å². The van der Waals surface area contributed by atoms with Crippen LogP contribution in [0.15, 0.2) is 12.3 Å². The molecule has 1 aliphatic rings. The van der Waals surface area contributed by atoms with Crippen LogP contribution in [-0.2, 0) is 0 Å². The summed E-state index contributed by atoms with van der Waals surface area (Å²) in [6, 6.07) is 1.72. The number of nitrogens with two attached hydrogens (primary N) is 2. The number of rotatable bonds is 8. The van der Waals surface area contributed by atoms with Crippen LogP contribution in [0.1, 0.15) is 6.42 Å². The molecule has 0 spiro atoms. The molecule has 124 valence electrons. The van der Waals surface area contributed by atoms with E-state index < -0.39 is 0 Å². The van der Waals surface area contributed by atoms with Gasteiger partial charge in [0.2, 0.25) is 0 Å². The van der Waals surface area contributed by atoms with Crippen molar-refractivity contribution in [2.75, 3.05) is 76.2 Å². The van der Waals surface area contributed by atoms with Crippen molar-refractivity contribution in [1.82, 2.24) is 20.1 Å². The molecule has 7 nitrogen and oxygen atoms in total. The first kappa shape index (κ1) is 16.8. The van der Waals surface area contributed by atoms with Crippen LogP contribution < -0.4 is 22.1 Å². The van der Waals surface area contributed by atoms with Crippen molar-refractivity contribution in [3.63, 3.8) is 0 Å². The van der Waals surface area contributed by atoms with Crippen molar-refractivity contribution < 1.29 is 0 Å². The molecule has 0 amide bonds. The van der Waals surface area contributed by atoms with E-state index in [1.807, 2.05) is 0 Å². The van der Waals surface area contributed by atoms with E-state index in [-0.39, 0.29) is 0 Å². The summed E-state index contributed by atoms with van der Waals surface area (Å²) in [7, 11) is 2.19. The summed E-state index contributed by atoms with van der Waals surface area (Å²) in [5.41, 5.74) is 12.6. The van der Waals surface area contributed by atoms with E-state index in [0.717, 1.165) is 19.6 Å². The van der Waals surface area contributed by atoms with E-state index >= 15 is 0 Å². The Hall–Kier alpha value is -1.57. The molecule has 0 atom stereocenters. The van der Waals surface area contributed by atoms with Crippen LogP contribution in [0.25, 0.3) is 0 Å². The molecule has 2 rings (SSSR count). The zero-order valence-electron chi connectivity index (χ0n) is 13.5. The van der Waals surface area contributed by atoms with E-state index in [0.29, 0.717) is 17.2 Å². The second-order valence-electron chi connectivity index (χ2n) is 5.88. The van der Waals surface area contributed by atoms with Gasteiger partial charge in [-0.25, -0.2) is 4.98 Å². The van der Waals surface area contributed by atoms with Crippen LogP contribution in [0.5, 0.6) is 0 Å². The molecular formula is C15H29N7. The molecule has 2 heterocycles. The first-order valence-corrected chi connectivity index (χ1v) is 8.01. The number of hydrogen-bond acceptors (Lipinski definition) is 7. The predicted molar refractivity (Wildman–Crippen MR) is 93.0 cm³/mol. The fourth-order valence-electron chi connectivity index (χ4n) is 2.54. The molecule has 1 saturated heterocycles. The summed E-state index contributed by atoms with van der Waals surface area (Å²) in [5, 5.41) is 6.66. The van der Waals surface area contributed by atoms with Crippen LogP contribution >= 0.6 is 0 Å². The SMILES string of the molecule is CN1CCN(CCCNCCNc2ncc(N)cc2N)CC1. The second-order valence-corrected chi connectivity index (χ2v) is 5.88. The fraction of sp³-hybridized carbons (Fsp3) is 0.667. The fourth-order valence-corrected chi connectivity index (χ4v) is 2.54. The summed E-state index contributed by atoms with van der Waals surface area (Å²) in [5.74, 6) is 0.702. The van der Waals surface area contributed by atoms with Gasteiger partial charge in [-0.2, -0.15) is 0 Å². The third-order valence-electron chi connectivity index (χ3n) is 3.96. The monoisotopic (exact) mass is 307 g/mol. The minimum Gasteiger partial charge on any atom is -0.397 e. The summed E-state index contributed by atoms with van der Waals surface area (Å²) in [6.07, 6.45) is 2.80. The Morgan fingerprint density at radius 1 is 1.14 bits per heavy atom. The number of piperazine rings is 1. The van der Waals surface area contributed by atoms with Gasteiger partial charge in [0.25, 0.3) is 0 Å². The zero-order valence-corrected chi connectivity index (χ0v) is 13.5. The normalized spacial score (nSPS) is 16.8. The Kier molecular flexibility index (Phi) is 6.70. The summed E-state index contributed by atoms with van der Waals surface area (Å²) in [6.45, 7) is 8.68. The molecule has 1 aromatic rings. The number of aromatic nitrogens is 1. The maximum Gasteiger partial charge on any atom is 0.149 e. The van der Waals surface area contributed by atoms with Gasteiger partial charge in [-0.3, -0.25) is 0 Å². The highest BCUT2D eigenvalue weighted by molar-refractivity contribution is 5.65. The molecular weight excluding hydrogens is 278 g/mol. The van der Waals surface area contributed by atoms with Gasteiger partial charge in [-0.15, -0.1) is 0 Å². The lowest BCUT2D eigenvalue weighted by Gasteiger charge is -2.32. The third-order valence-corrected chi connectivity index (χ3v) is 3.96. The molecule has 22 heavy (non-hydrogen) atoms. The van der Waals surface area contributed by atoms with Gasteiger partial charge in [-0.05, 0) is 32.6 Å². The predicted octanol–water partition coefficient (Wildman–Crippen LogP) is -0.115. The molecule has 0 saturated carbocycles. The maximum atomic E-state index is 5.84. The molecule has 0 aliphatic carbocycles. The average molecular weight is 307 g/mol. The molecule has 0 bridgehead atoms. The molecule has 1 aliphatic heterocycles. The quantitative estimate of drug-likeness (QED) is 0.498. The molecule has 0 aromatic carbocycles. The summed E-state index contributed by atoms with van der Waals surface area (Å²) >= 11 is 0. The Labute approximate surface area is 133 Å². The highest BCUT2D eigenvalue weighted by atomic mass is 15.2. The van der Waals surface area contributed by atoms with Crippen molar-refractivity contribution in [1.29, 1.82) is 0 Å². The van der Waals surface area contributed by atoms with Crippen LogP contribution in [-0.4, -0.2) is 74.2 Å². The first-order chi connectivity index (χ1) is 10.6. The zero-order chi connectivity index (χ0) is 15.8. The van der Waals surface area contributed by atoms with Crippen molar-refractivity contribution in [2.45, 2.75) is 6.42 Å². The Balaban J connectivity index is 1.49. The number of pyridine rings is 1. The lowest BCUT2D eigenvalue weighted by atomic mass is 10.3. The average Bonchev–Trinajstić information content (AvgIpc) is 2.50. The van der Waals surface area contributed by atoms with Crippen molar-refractivity contribution >= 4 is 17.2 Å². The lowest BCUT2D eigenvalue weighted by molar-refractivity contribution is 0.153. The van der Waals surface area contributed by atoms with E-state index in [4.69, 9.17) is 11.5 Å². The van der Waals surface area contributed by atoms with Crippen LogP contribution in [0.4, 0.5) is 17.2 Å². The van der Waals surface area contributed by atoms with Gasteiger partial charge >= 0.3 is 0 Å². The molecule has 6 N–H and O–H groups in total. The lowest BCUT2D eigenvalue weighted by Crippen LogP contribution is -2.45. The van der Waals surface area contributed by atoms with Crippen molar-refractivity contribution in [2.24, 2.45) is 0 Å². The minimum atomic E-state index is 0.588. The van der Waals surface area contributed by atoms with Crippen LogP contribution in [0, 0.1) is 0 Å². The van der Waals surface area contributed by atoms with Gasteiger partial charge in [0.05, 0.1) is 17.6 Å². The molecule has 0 unspecified atom stereocenters. The van der Waals surface area contributed by atoms with Gasteiger partial charge in [-0.1, -0.05) is 0 Å². The Bertz CT molecular complexity index is 444. The number of nitrogens with zero attached hydrogens (tertiary/aromatic N) is 3. The van der Waals surface area contributed by atoms with E-state index in [9.17, 15) is 0 Å². The number of nitrogens with one attached hydrogen (secondary N) is 2. The Morgan fingerprint density at radius 3 is 2.64 bits per heavy atom. The van der Waals surface area contributed by atoms with E-state index in [2.05, 4.69) is 32.5 Å². The highest BCUT2D eigenvalue weighted by Gasteiger charge is 2.12. The standard InChI is InChI=1S/C15H29N7/c1-21-7-9-22(10-8-21)6-2-3-18-4-5-19-15-14(17)11-13(16)12-20-15/h11-12,18H,2-10,16-17H2,1H3,(H,19,20). The van der Waals surface area contributed by atoms with Crippen LogP contribution in [0.3, 0.4) is 0 Å². The van der Waals surface area contributed by atoms with Crippen LogP contribution in [0.2, 0.25) is 0 Å². The Morgan fingerprint density at radius 2 is 1.91 bits per heavy atom. The largest absolute Gasteiger partial charge is 0.397 e. The van der Waals surface area contributed by atoms with Crippen molar-refractivity contribution in [3.05, 3.63) is 12.3 Å². The summed E-state index contributed by atoms with van der Waals surface area (Å²) < 4.78 is 0. The number of hydrogen-bond donors (Lipinski definition) is 4. The first-order valence-electron chi connectivity index (χ1n) is 8.01. The number of anilines is 3. The topological polar surface area (TPSA) is 95.5 Å². The van der Waals surface area contributed by atoms with Gasteiger partial charge < -0.3 is 31.9 Å². The number of nitrogen functional groups attached to an aromatic ring is 2. The number of likely N-dealkylation sites (N-methyl/N-ethyl adjacent to an activating group) is 1. The summed E-state index contributed by atoms with van der Waals surface area (Å²) in [4.78, 5) is 9.11. The molecule has 0 radical (unpaired) electrons. The highest BCUT2D eigenvalue weighted by Crippen LogP contribution is 2.16. The smallest absolute Gasteiger partial charge is 0.149 e. The second kappa shape index (κ2) is 8.77. The third kappa shape index (κ3) is 5.67. The van der Waals surface area contributed by atoms with E-state index in [1.165, 1.54) is 39.1 Å². The minimum absolute atomic E-state index is 0.588. The van der Waals surface area contributed by atoms with Gasteiger partial charge in [0.1, 0.15) is 5.82 Å². The van der Waals surface area contributed by atoms with Gasteiger partial charge in [0, 0.05) is 39.3 Å². The van der Waals surface area contributed by atoms with Crippen molar-refractivity contribution in [3.8, 4) is 0 Å².